The minimum Gasteiger partial charge on any atom is -0.392 e. The number of nitrogens with zero attached hydrogens (tertiary/aromatic N) is 1. The lowest BCUT2D eigenvalue weighted by Gasteiger charge is -2.09. The molecule has 0 aliphatic carbocycles. The van der Waals surface area contributed by atoms with Crippen LogP contribution in [-0.2, 0) is 0 Å². The molecular formula is C8H19NO. The summed E-state index contributed by atoms with van der Waals surface area (Å²) >= 11 is 0. The standard InChI is InChI=1S/C6H13NO.C2H6/c1-2-7-4-3-6(8)5-7;1-2/h6,8H,2-5H2,1H3;1-2H3. The zero-order valence-corrected chi connectivity index (χ0v) is 7.30. The molecule has 0 amide bonds. The largest absolute Gasteiger partial charge is 0.392 e. The van der Waals surface area contributed by atoms with E-state index in [1.807, 2.05) is 13.8 Å². The molecule has 10 heavy (non-hydrogen) atoms. The van der Waals surface area contributed by atoms with E-state index in [-0.39, 0.29) is 6.10 Å². The van der Waals surface area contributed by atoms with Gasteiger partial charge in [0.15, 0.2) is 0 Å². The smallest absolute Gasteiger partial charge is 0.0679 e. The molecule has 1 heterocycles. The van der Waals surface area contributed by atoms with Gasteiger partial charge in [-0.3, -0.25) is 0 Å². The molecule has 0 aromatic heterocycles. The van der Waals surface area contributed by atoms with Crippen molar-refractivity contribution in [2.24, 2.45) is 0 Å². The highest BCUT2D eigenvalue weighted by Gasteiger charge is 2.17. The zero-order chi connectivity index (χ0) is 7.98. The predicted octanol–water partition coefficient (Wildman–Crippen LogP) is 1.10. The van der Waals surface area contributed by atoms with E-state index in [1.165, 1.54) is 0 Å². The first-order valence-electron chi connectivity index (χ1n) is 4.23. The van der Waals surface area contributed by atoms with Crippen LogP contribution in [0, 0.1) is 0 Å². The van der Waals surface area contributed by atoms with Gasteiger partial charge in [-0.05, 0) is 13.0 Å². The summed E-state index contributed by atoms with van der Waals surface area (Å²) in [5.41, 5.74) is 0. The third-order valence-electron chi connectivity index (χ3n) is 1.69. The SMILES string of the molecule is CC.CCN1CCC(O)C1. The number of rotatable bonds is 1. The number of β-amino-alcohol motifs (C(OH)–C–C–N with tert-alkyl or cyclic N) is 1. The van der Waals surface area contributed by atoms with E-state index in [0.29, 0.717) is 0 Å². The summed E-state index contributed by atoms with van der Waals surface area (Å²) in [5, 5.41) is 8.99. The molecule has 1 saturated heterocycles. The molecule has 0 radical (unpaired) electrons. The number of hydrogen-bond acceptors (Lipinski definition) is 2. The molecule has 1 atom stereocenters. The second-order valence-corrected chi connectivity index (χ2v) is 2.34. The maximum absolute atomic E-state index is 8.99. The highest BCUT2D eigenvalue weighted by molar-refractivity contribution is 4.72. The zero-order valence-electron chi connectivity index (χ0n) is 7.30. The van der Waals surface area contributed by atoms with E-state index in [0.717, 1.165) is 26.1 Å². The van der Waals surface area contributed by atoms with Crippen LogP contribution in [-0.4, -0.2) is 35.7 Å². The topological polar surface area (TPSA) is 23.5 Å². The van der Waals surface area contributed by atoms with Crippen molar-refractivity contribution in [1.29, 1.82) is 0 Å². The lowest BCUT2D eigenvalue weighted by molar-refractivity contribution is 0.178. The van der Waals surface area contributed by atoms with Crippen LogP contribution < -0.4 is 0 Å². The minimum absolute atomic E-state index is 0.0463. The van der Waals surface area contributed by atoms with Gasteiger partial charge in [0.05, 0.1) is 6.10 Å². The average Bonchev–Trinajstić information content (AvgIpc) is 2.40. The minimum atomic E-state index is -0.0463. The number of aliphatic hydroxyl groups is 1. The van der Waals surface area contributed by atoms with Gasteiger partial charge in [0.25, 0.3) is 0 Å². The third kappa shape index (κ3) is 3.18. The Bertz CT molecular complexity index is 75.7. The summed E-state index contributed by atoms with van der Waals surface area (Å²) in [6, 6.07) is 0. The van der Waals surface area contributed by atoms with Gasteiger partial charge in [0.2, 0.25) is 0 Å². The van der Waals surface area contributed by atoms with Crippen LogP contribution in [0.5, 0.6) is 0 Å². The molecule has 2 heteroatoms. The Morgan fingerprint density at radius 1 is 1.50 bits per heavy atom. The van der Waals surface area contributed by atoms with Crippen LogP contribution in [0.3, 0.4) is 0 Å². The highest BCUT2D eigenvalue weighted by atomic mass is 16.3. The van der Waals surface area contributed by atoms with Crippen LogP contribution in [0.15, 0.2) is 0 Å². The molecule has 0 spiro atoms. The maximum Gasteiger partial charge on any atom is 0.0679 e. The first-order valence-corrected chi connectivity index (χ1v) is 4.23. The maximum atomic E-state index is 8.99. The van der Waals surface area contributed by atoms with Crippen molar-refractivity contribution in [3.05, 3.63) is 0 Å². The van der Waals surface area contributed by atoms with E-state index in [9.17, 15) is 0 Å². The van der Waals surface area contributed by atoms with E-state index in [2.05, 4.69) is 11.8 Å². The molecule has 1 fully saturated rings. The summed E-state index contributed by atoms with van der Waals surface area (Å²) in [7, 11) is 0. The number of likely N-dealkylation sites (tertiary alicyclic amines) is 1. The lowest BCUT2D eigenvalue weighted by atomic mass is 10.3. The molecule has 1 aliphatic heterocycles. The normalized spacial score (nSPS) is 25.8. The van der Waals surface area contributed by atoms with Crippen LogP contribution in [0.4, 0.5) is 0 Å². The first-order chi connectivity index (χ1) is 4.83. The molecule has 2 nitrogen and oxygen atoms in total. The van der Waals surface area contributed by atoms with Gasteiger partial charge in [0.1, 0.15) is 0 Å². The van der Waals surface area contributed by atoms with E-state index in [1.54, 1.807) is 0 Å². The highest BCUT2D eigenvalue weighted by Crippen LogP contribution is 2.06. The second kappa shape index (κ2) is 5.69. The fourth-order valence-electron chi connectivity index (χ4n) is 1.10. The molecule has 0 aromatic carbocycles. The van der Waals surface area contributed by atoms with Crippen molar-refractivity contribution >= 4 is 0 Å². The number of likely N-dealkylation sites (N-methyl/N-ethyl adjacent to an activating group) is 1. The van der Waals surface area contributed by atoms with Crippen LogP contribution in [0.25, 0.3) is 0 Å². The van der Waals surface area contributed by atoms with Crippen molar-refractivity contribution in [2.45, 2.75) is 33.3 Å². The van der Waals surface area contributed by atoms with Crippen LogP contribution in [0.1, 0.15) is 27.2 Å². The Labute approximate surface area is 63.8 Å². The molecule has 0 bridgehead atoms. The summed E-state index contributed by atoms with van der Waals surface area (Å²) in [6.07, 6.45) is 0.920. The molecule has 1 N–H and O–H groups in total. The average molecular weight is 145 g/mol. The number of hydrogen-bond donors (Lipinski definition) is 1. The Kier molecular flexibility index (Phi) is 5.64. The van der Waals surface area contributed by atoms with Gasteiger partial charge in [0, 0.05) is 13.1 Å². The molecule has 0 aromatic rings. The molecule has 1 unspecified atom stereocenters. The Balaban J connectivity index is 0.000000371. The molecule has 1 rings (SSSR count). The second-order valence-electron chi connectivity index (χ2n) is 2.34. The summed E-state index contributed by atoms with van der Waals surface area (Å²) in [4.78, 5) is 2.25. The van der Waals surface area contributed by atoms with E-state index < -0.39 is 0 Å². The van der Waals surface area contributed by atoms with Crippen molar-refractivity contribution < 1.29 is 5.11 Å². The molecule has 62 valence electrons. The summed E-state index contributed by atoms with van der Waals surface area (Å²) < 4.78 is 0. The lowest BCUT2D eigenvalue weighted by Crippen LogP contribution is -2.21. The van der Waals surface area contributed by atoms with Gasteiger partial charge in [-0.25, -0.2) is 0 Å². The van der Waals surface area contributed by atoms with Gasteiger partial charge >= 0.3 is 0 Å². The summed E-state index contributed by atoms with van der Waals surface area (Å²) in [6.45, 7) is 9.17. The van der Waals surface area contributed by atoms with Gasteiger partial charge < -0.3 is 10.0 Å². The molecule has 0 saturated carbocycles. The van der Waals surface area contributed by atoms with Gasteiger partial charge in [-0.15, -0.1) is 0 Å². The Morgan fingerprint density at radius 2 is 2.10 bits per heavy atom. The molecule has 1 aliphatic rings. The van der Waals surface area contributed by atoms with Crippen molar-refractivity contribution in [1.82, 2.24) is 4.90 Å². The van der Waals surface area contributed by atoms with Crippen molar-refractivity contribution in [3.63, 3.8) is 0 Å². The van der Waals surface area contributed by atoms with Crippen molar-refractivity contribution in [3.8, 4) is 0 Å². The monoisotopic (exact) mass is 145 g/mol. The quantitative estimate of drug-likeness (QED) is 0.597. The Morgan fingerprint density at radius 3 is 2.30 bits per heavy atom. The predicted molar refractivity (Wildman–Crippen MR) is 44.1 cm³/mol. The van der Waals surface area contributed by atoms with Crippen LogP contribution in [0.2, 0.25) is 0 Å². The number of aliphatic hydroxyl groups excluding tert-OH is 1. The summed E-state index contributed by atoms with van der Waals surface area (Å²) in [5.74, 6) is 0. The van der Waals surface area contributed by atoms with E-state index >= 15 is 0 Å². The van der Waals surface area contributed by atoms with Gasteiger partial charge in [-0.2, -0.15) is 0 Å². The van der Waals surface area contributed by atoms with E-state index in [4.69, 9.17) is 5.11 Å². The first kappa shape index (κ1) is 9.92. The van der Waals surface area contributed by atoms with Gasteiger partial charge in [-0.1, -0.05) is 20.8 Å². The fourth-order valence-corrected chi connectivity index (χ4v) is 1.10. The van der Waals surface area contributed by atoms with Crippen LogP contribution >= 0.6 is 0 Å². The Hall–Kier alpha value is -0.0800. The molecular weight excluding hydrogens is 126 g/mol. The third-order valence-corrected chi connectivity index (χ3v) is 1.69. The van der Waals surface area contributed by atoms with Crippen molar-refractivity contribution in [2.75, 3.05) is 19.6 Å². The fraction of sp³-hybridized carbons (Fsp3) is 1.00.